The van der Waals surface area contributed by atoms with Crippen molar-refractivity contribution >= 4 is 10.0 Å². The molecule has 1 fully saturated rings. The van der Waals surface area contributed by atoms with Gasteiger partial charge in [0, 0.05) is 18.6 Å². The summed E-state index contributed by atoms with van der Waals surface area (Å²) in [4.78, 5) is 0. The van der Waals surface area contributed by atoms with Gasteiger partial charge in [0.1, 0.15) is 5.75 Å². The van der Waals surface area contributed by atoms with Crippen LogP contribution in [-0.2, 0) is 14.8 Å². The highest BCUT2D eigenvalue weighted by Gasteiger charge is 2.29. The Hall–Kier alpha value is -1.11. The third kappa shape index (κ3) is 5.48. The zero-order chi connectivity index (χ0) is 16.9. The van der Waals surface area contributed by atoms with Gasteiger partial charge in [-0.3, -0.25) is 0 Å². The van der Waals surface area contributed by atoms with Gasteiger partial charge >= 0.3 is 0 Å². The van der Waals surface area contributed by atoms with E-state index in [2.05, 4.69) is 30.7 Å². The molecule has 1 aromatic carbocycles. The van der Waals surface area contributed by atoms with Gasteiger partial charge in [-0.2, -0.15) is 0 Å². The van der Waals surface area contributed by atoms with Gasteiger partial charge < -0.3 is 9.47 Å². The van der Waals surface area contributed by atoms with Gasteiger partial charge in [-0.05, 0) is 37.0 Å². The quantitative estimate of drug-likeness (QED) is 0.828. The van der Waals surface area contributed by atoms with Crippen molar-refractivity contribution in [1.29, 1.82) is 0 Å². The smallest absolute Gasteiger partial charge is 0.211 e. The van der Waals surface area contributed by atoms with Gasteiger partial charge in [0.15, 0.2) is 0 Å². The second-order valence-corrected chi connectivity index (χ2v) is 8.33. The minimum atomic E-state index is -3.21. The van der Waals surface area contributed by atoms with Crippen LogP contribution in [0.2, 0.25) is 0 Å². The van der Waals surface area contributed by atoms with Gasteiger partial charge in [-0.25, -0.2) is 13.1 Å². The van der Waals surface area contributed by atoms with E-state index in [-0.39, 0.29) is 17.7 Å². The SMILES string of the molecule is CCS(=O)(=O)N[C@H]1CCOC[C@@H]1COc1ccc(C(C)C)cc1. The summed E-state index contributed by atoms with van der Waals surface area (Å²) in [6.45, 7) is 7.48. The monoisotopic (exact) mass is 341 g/mol. The molecule has 0 bridgehead atoms. The van der Waals surface area contributed by atoms with E-state index in [9.17, 15) is 8.42 Å². The van der Waals surface area contributed by atoms with Crippen molar-refractivity contribution in [3.8, 4) is 5.75 Å². The molecule has 1 heterocycles. The molecule has 0 saturated carbocycles. The summed E-state index contributed by atoms with van der Waals surface area (Å²) in [7, 11) is -3.21. The first-order valence-corrected chi connectivity index (χ1v) is 9.87. The van der Waals surface area contributed by atoms with Crippen LogP contribution in [0.25, 0.3) is 0 Å². The first kappa shape index (κ1) is 18.2. The number of nitrogens with one attached hydrogen (secondary N) is 1. The van der Waals surface area contributed by atoms with Gasteiger partial charge in [0.05, 0.1) is 19.0 Å². The average molecular weight is 341 g/mol. The molecule has 130 valence electrons. The van der Waals surface area contributed by atoms with Crippen LogP contribution in [0.4, 0.5) is 0 Å². The van der Waals surface area contributed by atoms with Gasteiger partial charge in [-0.15, -0.1) is 0 Å². The first-order valence-electron chi connectivity index (χ1n) is 8.21. The molecule has 1 saturated heterocycles. The maximum absolute atomic E-state index is 11.8. The first-order chi connectivity index (χ1) is 10.9. The molecule has 1 aromatic rings. The molecule has 0 aromatic heterocycles. The molecule has 0 radical (unpaired) electrons. The Morgan fingerprint density at radius 3 is 2.61 bits per heavy atom. The Morgan fingerprint density at radius 1 is 1.30 bits per heavy atom. The number of hydrogen-bond donors (Lipinski definition) is 1. The molecular formula is C17H27NO4S. The van der Waals surface area contributed by atoms with E-state index in [1.807, 2.05) is 12.1 Å². The van der Waals surface area contributed by atoms with Crippen molar-refractivity contribution < 1.29 is 17.9 Å². The average Bonchev–Trinajstić information content (AvgIpc) is 2.54. The van der Waals surface area contributed by atoms with Gasteiger partial charge in [-0.1, -0.05) is 26.0 Å². The van der Waals surface area contributed by atoms with Crippen LogP contribution >= 0.6 is 0 Å². The van der Waals surface area contributed by atoms with Crippen molar-refractivity contribution in [2.45, 2.75) is 39.2 Å². The summed E-state index contributed by atoms with van der Waals surface area (Å²) in [5.74, 6) is 1.41. The number of ether oxygens (including phenoxy) is 2. The molecule has 0 unspecified atom stereocenters. The molecule has 0 amide bonds. The number of sulfonamides is 1. The number of rotatable bonds is 7. The van der Waals surface area contributed by atoms with E-state index < -0.39 is 10.0 Å². The van der Waals surface area contributed by atoms with Crippen molar-refractivity contribution in [1.82, 2.24) is 4.72 Å². The topological polar surface area (TPSA) is 64.6 Å². The summed E-state index contributed by atoms with van der Waals surface area (Å²) in [6, 6.07) is 7.93. The summed E-state index contributed by atoms with van der Waals surface area (Å²) in [5, 5.41) is 0. The predicted octanol–water partition coefficient (Wildman–Crippen LogP) is 2.53. The van der Waals surface area contributed by atoms with Crippen LogP contribution in [0.1, 0.15) is 38.7 Å². The van der Waals surface area contributed by atoms with Crippen molar-refractivity contribution in [3.05, 3.63) is 29.8 Å². The molecule has 5 nitrogen and oxygen atoms in total. The fraction of sp³-hybridized carbons (Fsp3) is 0.647. The van der Waals surface area contributed by atoms with Crippen molar-refractivity contribution in [3.63, 3.8) is 0 Å². The molecule has 1 N–H and O–H groups in total. The zero-order valence-electron chi connectivity index (χ0n) is 14.1. The normalized spacial score (nSPS) is 22.3. The number of benzene rings is 1. The maximum atomic E-state index is 11.8. The van der Waals surface area contributed by atoms with Crippen LogP contribution in [0.15, 0.2) is 24.3 Å². The van der Waals surface area contributed by atoms with E-state index >= 15 is 0 Å². The Morgan fingerprint density at radius 2 is 2.00 bits per heavy atom. The molecule has 2 rings (SSSR count). The summed E-state index contributed by atoms with van der Waals surface area (Å²) < 4.78 is 37.7. The minimum absolute atomic E-state index is 0.0230. The second-order valence-electron chi connectivity index (χ2n) is 6.29. The van der Waals surface area contributed by atoms with Crippen LogP contribution < -0.4 is 9.46 Å². The summed E-state index contributed by atoms with van der Waals surface area (Å²) in [5.41, 5.74) is 1.27. The molecule has 23 heavy (non-hydrogen) atoms. The third-order valence-corrected chi connectivity index (χ3v) is 5.62. The Kier molecular flexibility index (Phi) is 6.44. The predicted molar refractivity (Wildman–Crippen MR) is 91.3 cm³/mol. The molecule has 2 atom stereocenters. The van der Waals surface area contributed by atoms with Crippen LogP contribution in [0.5, 0.6) is 5.75 Å². The highest BCUT2D eigenvalue weighted by Crippen LogP contribution is 2.21. The van der Waals surface area contributed by atoms with E-state index in [0.29, 0.717) is 32.2 Å². The highest BCUT2D eigenvalue weighted by atomic mass is 32.2. The van der Waals surface area contributed by atoms with Crippen molar-refractivity contribution in [2.75, 3.05) is 25.6 Å². The van der Waals surface area contributed by atoms with Crippen LogP contribution in [0, 0.1) is 5.92 Å². The van der Waals surface area contributed by atoms with E-state index in [0.717, 1.165) is 5.75 Å². The zero-order valence-corrected chi connectivity index (χ0v) is 14.9. The molecule has 0 aliphatic carbocycles. The molecular weight excluding hydrogens is 314 g/mol. The maximum Gasteiger partial charge on any atom is 0.211 e. The lowest BCUT2D eigenvalue weighted by Crippen LogP contribution is -2.47. The largest absolute Gasteiger partial charge is 0.493 e. The Labute approximate surface area is 139 Å². The van der Waals surface area contributed by atoms with E-state index in [1.165, 1.54) is 5.56 Å². The number of hydrogen-bond acceptors (Lipinski definition) is 4. The third-order valence-electron chi connectivity index (χ3n) is 4.20. The lowest BCUT2D eigenvalue weighted by Gasteiger charge is -2.31. The summed E-state index contributed by atoms with van der Waals surface area (Å²) >= 11 is 0. The standard InChI is InChI=1S/C17H27NO4S/c1-4-23(19,20)18-17-9-10-21-11-15(17)12-22-16-7-5-14(6-8-16)13(2)3/h5-8,13,15,17-18H,4,9-12H2,1-3H3/t15-,17+/m1/s1. The van der Waals surface area contributed by atoms with Crippen LogP contribution in [0.3, 0.4) is 0 Å². The molecule has 1 aliphatic heterocycles. The lowest BCUT2D eigenvalue weighted by atomic mass is 9.98. The molecule has 6 heteroatoms. The summed E-state index contributed by atoms with van der Waals surface area (Å²) in [6.07, 6.45) is 0.680. The minimum Gasteiger partial charge on any atom is -0.493 e. The van der Waals surface area contributed by atoms with Crippen LogP contribution in [-0.4, -0.2) is 40.0 Å². The Bertz CT molecular complexity index is 583. The Balaban J connectivity index is 1.94. The van der Waals surface area contributed by atoms with E-state index in [4.69, 9.17) is 9.47 Å². The fourth-order valence-corrected chi connectivity index (χ4v) is 3.52. The van der Waals surface area contributed by atoms with Gasteiger partial charge in [0.2, 0.25) is 10.0 Å². The van der Waals surface area contributed by atoms with Gasteiger partial charge in [0.25, 0.3) is 0 Å². The lowest BCUT2D eigenvalue weighted by molar-refractivity contribution is 0.0186. The molecule has 0 spiro atoms. The van der Waals surface area contributed by atoms with E-state index in [1.54, 1.807) is 6.92 Å². The second kappa shape index (κ2) is 8.13. The molecule has 1 aliphatic rings. The highest BCUT2D eigenvalue weighted by molar-refractivity contribution is 7.89. The van der Waals surface area contributed by atoms with Crippen molar-refractivity contribution in [2.24, 2.45) is 5.92 Å². The fourth-order valence-electron chi connectivity index (χ4n) is 2.58.